The molecule has 24 heavy (non-hydrogen) atoms. The summed E-state index contributed by atoms with van der Waals surface area (Å²) in [6.45, 7) is 3.92. The minimum absolute atomic E-state index is 0.0998. The Hall–Kier alpha value is -1.89. The number of thiophene rings is 1. The first kappa shape index (κ1) is 18.4. The standard InChI is InChI=1S/C17H24N2O4S/c1-3-12-10(2)24-17(19-13(20)8-9-14(21)22)15(12)16(23)18-11-6-4-5-7-11/h11H,3-9H2,1-2H3,(H,18,23)(H,19,20)(H,21,22). The lowest BCUT2D eigenvalue weighted by molar-refractivity contribution is -0.138. The number of rotatable bonds is 7. The lowest BCUT2D eigenvalue weighted by Gasteiger charge is -2.14. The molecule has 3 N–H and O–H groups in total. The van der Waals surface area contributed by atoms with Crippen LogP contribution in [-0.4, -0.2) is 28.9 Å². The van der Waals surface area contributed by atoms with Crippen LogP contribution in [0.1, 0.15) is 66.2 Å². The molecule has 0 saturated heterocycles. The SMILES string of the molecule is CCc1c(C)sc(NC(=O)CCC(=O)O)c1C(=O)NC1CCCC1. The van der Waals surface area contributed by atoms with Crippen LogP contribution in [0.25, 0.3) is 0 Å². The van der Waals surface area contributed by atoms with Crippen LogP contribution < -0.4 is 10.6 Å². The lowest BCUT2D eigenvalue weighted by atomic mass is 10.1. The summed E-state index contributed by atoms with van der Waals surface area (Å²) in [6.07, 6.45) is 4.64. The zero-order valence-corrected chi connectivity index (χ0v) is 14.9. The van der Waals surface area contributed by atoms with Crippen molar-refractivity contribution < 1.29 is 19.5 Å². The van der Waals surface area contributed by atoms with E-state index in [4.69, 9.17) is 5.11 Å². The zero-order valence-electron chi connectivity index (χ0n) is 14.1. The van der Waals surface area contributed by atoms with Crippen molar-refractivity contribution in [2.24, 2.45) is 0 Å². The lowest BCUT2D eigenvalue weighted by Crippen LogP contribution is -2.33. The number of carbonyl (C=O) groups is 3. The highest BCUT2D eigenvalue weighted by molar-refractivity contribution is 7.16. The quantitative estimate of drug-likeness (QED) is 0.702. The van der Waals surface area contributed by atoms with Crippen molar-refractivity contribution in [3.63, 3.8) is 0 Å². The molecule has 0 aliphatic heterocycles. The van der Waals surface area contributed by atoms with Crippen LogP contribution in [0.15, 0.2) is 0 Å². The third kappa shape index (κ3) is 4.56. The summed E-state index contributed by atoms with van der Waals surface area (Å²) in [5.74, 6) is -1.53. The summed E-state index contributed by atoms with van der Waals surface area (Å²) in [5.41, 5.74) is 1.49. The van der Waals surface area contributed by atoms with E-state index in [2.05, 4.69) is 10.6 Å². The van der Waals surface area contributed by atoms with Crippen LogP contribution >= 0.6 is 11.3 Å². The topological polar surface area (TPSA) is 95.5 Å². The van der Waals surface area contributed by atoms with Crippen molar-refractivity contribution in [1.82, 2.24) is 5.32 Å². The molecule has 1 aromatic heterocycles. The van der Waals surface area contributed by atoms with Crippen molar-refractivity contribution in [1.29, 1.82) is 0 Å². The number of carbonyl (C=O) groups excluding carboxylic acids is 2. The smallest absolute Gasteiger partial charge is 0.303 e. The molecule has 1 heterocycles. The van der Waals surface area contributed by atoms with Gasteiger partial charge in [-0.3, -0.25) is 14.4 Å². The average molecular weight is 352 g/mol. The van der Waals surface area contributed by atoms with Gasteiger partial charge in [-0.15, -0.1) is 11.3 Å². The van der Waals surface area contributed by atoms with Crippen LogP contribution in [0.3, 0.4) is 0 Å². The summed E-state index contributed by atoms with van der Waals surface area (Å²) in [4.78, 5) is 36.2. The maximum absolute atomic E-state index is 12.7. The van der Waals surface area contributed by atoms with E-state index in [1.165, 1.54) is 11.3 Å². The molecule has 0 aromatic carbocycles. The number of hydrogen-bond acceptors (Lipinski definition) is 4. The summed E-state index contributed by atoms with van der Waals surface area (Å²) in [6, 6.07) is 0.206. The molecule has 132 valence electrons. The maximum atomic E-state index is 12.7. The van der Waals surface area contributed by atoms with Crippen molar-refractivity contribution in [3.8, 4) is 0 Å². The van der Waals surface area contributed by atoms with Gasteiger partial charge in [-0.1, -0.05) is 19.8 Å². The Morgan fingerprint density at radius 3 is 2.46 bits per heavy atom. The second-order valence-electron chi connectivity index (χ2n) is 6.09. The first-order valence-corrected chi connectivity index (χ1v) is 9.18. The van der Waals surface area contributed by atoms with Crippen molar-refractivity contribution in [2.75, 3.05) is 5.32 Å². The fraction of sp³-hybridized carbons (Fsp3) is 0.588. The summed E-state index contributed by atoms with van der Waals surface area (Å²) in [5, 5.41) is 15.0. The number of nitrogens with one attached hydrogen (secondary N) is 2. The second kappa shape index (κ2) is 8.28. The van der Waals surface area contributed by atoms with Crippen molar-refractivity contribution >= 4 is 34.1 Å². The molecule has 7 heteroatoms. The highest BCUT2D eigenvalue weighted by Crippen LogP contribution is 2.34. The van der Waals surface area contributed by atoms with E-state index in [1.54, 1.807) is 0 Å². The molecule has 0 bridgehead atoms. The number of carboxylic acid groups (broad SMARTS) is 1. The van der Waals surface area contributed by atoms with Crippen LogP contribution in [0.4, 0.5) is 5.00 Å². The van der Waals surface area contributed by atoms with E-state index >= 15 is 0 Å². The molecule has 1 saturated carbocycles. The molecule has 2 amide bonds. The highest BCUT2D eigenvalue weighted by atomic mass is 32.1. The zero-order chi connectivity index (χ0) is 17.7. The molecule has 1 aliphatic carbocycles. The fourth-order valence-corrected chi connectivity index (χ4v) is 4.23. The van der Waals surface area contributed by atoms with E-state index in [0.29, 0.717) is 17.0 Å². The number of aliphatic carboxylic acids is 1. The van der Waals surface area contributed by atoms with Gasteiger partial charge in [-0.05, 0) is 31.7 Å². The Labute approximate surface area is 145 Å². The number of carboxylic acids is 1. The van der Waals surface area contributed by atoms with Crippen LogP contribution in [0, 0.1) is 6.92 Å². The Morgan fingerprint density at radius 1 is 1.21 bits per heavy atom. The second-order valence-corrected chi connectivity index (χ2v) is 7.32. The van der Waals surface area contributed by atoms with E-state index in [1.807, 2.05) is 13.8 Å². The molecule has 1 fully saturated rings. The molecule has 0 atom stereocenters. The van der Waals surface area contributed by atoms with Gasteiger partial charge in [-0.25, -0.2) is 0 Å². The number of aryl methyl sites for hydroxylation is 1. The Morgan fingerprint density at radius 2 is 1.88 bits per heavy atom. The molecule has 0 unspecified atom stereocenters. The molecule has 0 radical (unpaired) electrons. The van der Waals surface area contributed by atoms with Gasteiger partial charge in [-0.2, -0.15) is 0 Å². The number of hydrogen-bond donors (Lipinski definition) is 3. The molecule has 6 nitrogen and oxygen atoms in total. The van der Waals surface area contributed by atoms with E-state index in [0.717, 1.165) is 36.1 Å². The molecule has 2 rings (SSSR count). The van der Waals surface area contributed by atoms with Crippen LogP contribution in [-0.2, 0) is 16.0 Å². The van der Waals surface area contributed by atoms with Gasteiger partial charge in [0.2, 0.25) is 5.91 Å². The van der Waals surface area contributed by atoms with Crippen molar-refractivity contribution in [2.45, 2.75) is 64.8 Å². The van der Waals surface area contributed by atoms with Crippen LogP contribution in [0.5, 0.6) is 0 Å². The van der Waals surface area contributed by atoms with Gasteiger partial charge in [0.15, 0.2) is 0 Å². The molecular formula is C17H24N2O4S. The third-order valence-corrected chi connectivity index (χ3v) is 5.36. The summed E-state index contributed by atoms with van der Waals surface area (Å²) >= 11 is 1.37. The van der Waals surface area contributed by atoms with Gasteiger partial charge in [0.25, 0.3) is 5.91 Å². The Balaban J connectivity index is 2.16. The Kier molecular flexibility index (Phi) is 6.36. The Bertz CT molecular complexity index is 633. The maximum Gasteiger partial charge on any atom is 0.303 e. The average Bonchev–Trinajstić information content (AvgIpc) is 3.12. The number of amides is 2. The van der Waals surface area contributed by atoms with E-state index in [-0.39, 0.29) is 30.7 Å². The minimum atomic E-state index is -1.01. The third-order valence-electron chi connectivity index (χ3n) is 4.30. The largest absolute Gasteiger partial charge is 0.481 e. The first-order chi connectivity index (χ1) is 11.4. The predicted octanol–water partition coefficient (Wildman–Crippen LogP) is 3.09. The summed E-state index contributed by atoms with van der Waals surface area (Å²) < 4.78 is 0. The van der Waals surface area contributed by atoms with E-state index < -0.39 is 5.97 Å². The molecule has 0 spiro atoms. The number of anilines is 1. The van der Waals surface area contributed by atoms with Gasteiger partial charge < -0.3 is 15.7 Å². The summed E-state index contributed by atoms with van der Waals surface area (Å²) in [7, 11) is 0. The van der Waals surface area contributed by atoms with Crippen molar-refractivity contribution in [3.05, 3.63) is 16.0 Å². The van der Waals surface area contributed by atoms with Gasteiger partial charge >= 0.3 is 5.97 Å². The normalized spacial score (nSPS) is 14.6. The van der Waals surface area contributed by atoms with Gasteiger partial charge in [0.05, 0.1) is 12.0 Å². The van der Waals surface area contributed by atoms with E-state index in [9.17, 15) is 14.4 Å². The van der Waals surface area contributed by atoms with Gasteiger partial charge in [0.1, 0.15) is 5.00 Å². The monoisotopic (exact) mass is 352 g/mol. The van der Waals surface area contributed by atoms with Crippen LogP contribution in [0.2, 0.25) is 0 Å². The molecular weight excluding hydrogens is 328 g/mol. The predicted molar refractivity (Wildman–Crippen MR) is 93.7 cm³/mol. The molecule has 1 aromatic rings. The van der Waals surface area contributed by atoms with Gasteiger partial charge in [0, 0.05) is 17.3 Å². The highest BCUT2D eigenvalue weighted by Gasteiger charge is 2.25. The minimum Gasteiger partial charge on any atom is -0.481 e. The molecule has 1 aliphatic rings. The first-order valence-electron chi connectivity index (χ1n) is 8.37. The fourth-order valence-electron chi connectivity index (χ4n) is 3.07.